The Kier molecular flexibility index (Phi) is 17.3. The number of para-hydroxylation sites is 1. The van der Waals surface area contributed by atoms with Gasteiger partial charge in [-0.1, -0.05) is 66.7 Å². The van der Waals surface area contributed by atoms with Crippen molar-refractivity contribution >= 4 is 16.7 Å². The van der Waals surface area contributed by atoms with E-state index in [1.165, 1.54) is 5.56 Å². The first kappa shape index (κ1) is 27.8. The molecule has 1 fully saturated rings. The number of hydrogen-bond donors (Lipinski definition) is 1. The van der Waals surface area contributed by atoms with Gasteiger partial charge in [0, 0.05) is 19.2 Å². The topological polar surface area (TPSA) is 56.1 Å². The highest BCUT2D eigenvalue weighted by molar-refractivity contribution is 7.85. The van der Waals surface area contributed by atoms with Crippen molar-refractivity contribution in [2.24, 2.45) is 5.41 Å². The van der Waals surface area contributed by atoms with Crippen LogP contribution in [0.25, 0.3) is 0 Å². The Morgan fingerprint density at radius 3 is 2.11 bits per heavy atom. The Balaban J connectivity index is 0. The number of likely N-dealkylation sites (tertiary alicyclic amines) is 1. The largest absolute Gasteiger partial charge is 0.305 e. The molecule has 1 aromatic carbocycles. The standard InChI is InChI=1S/C16H23N3OS.3C2H6/c1-16(7-10-17)8-11-19(12-9-16)13-14-5-3-4-6-15(14)18-21(2)20;3*1-2/h3-6,18H,7-9,11-13H2,1-2H3;3*1-2H3. The van der Waals surface area contributed by atoms with Crippen LogP contribution in [-0.2, 0) is 17.5 Å². The highest BCUT2D eigenvalue weighted by atomic mass is 32.2. The van der Waals surface area contributed by atoms with Gasteiger partial charge in [-0.25, -0.2) is 4.21 Å². The monoisotopic (exact) mass is 395 g/mol. The molecule has 2 rings (SSSR count). The minimum atomic E-state index is -1.05. The van der Waals surface area contributed by atoms with Gasteiger partial charge in [-0.15, -0.1) is 0 Å². The third kappa shape index (κ3) is 11.1. The Hall–Kier alpha value is -1.38. The molecule has 1 atom stereocenters. The lowest BCUT2D eigenvalue weighted by Crippen LogP contribution is -2.38. The zero-order valence-electron chi connectivity index (χ0n) is 18.8. The van der Waals surface area contributed by atoms with E-state index in [0.717, 1.165) is 38.2 Å². The Labute approximate surface area is 170 Å². The van der Waals surface area contributed by atoms with Gasteiger partial charge in [0.05, 0.1) is 11.8 Å². The van der Waals surface area contributed by atoms with Crippen LogP contribution in [-0.4, -0.2) is 28.5 Å². The lowest BCUT2D eigenvalue weighted by Gasteiger charge is -2.38. The SMILES string of the molecule is CC.CC.CC.CS(=O)Nc1ccccc1CN1CCC(C)(CC#N)CC1. The minimum Gasteiger partial charge on any atom is -0.305 e. The molecule has 1 heterocycles. The van der Waals surface area contributed by atoms with E-state index in [0.29, 0.717) is 6.42 Å². The Morgan fingerprint density at radius 1 is 1.11 bits per heavy atom. The van der Waals surface area contributed by atoms with Crippen LogP contribution >= 0.6 is 0 Å². The molecule has 0 saturated carbocycles. The molecule has 1 aliphatic heterocycles. The van der Waals surface area contributed by atoms with E-state index < -0.39 is 11.0 Å². The average molecular weight is 396 g/mol. The summed E-state index contributed by atoms with van der Waals surface area (Å²) in [5.41, 5.74) is 2.30. The summed E-state index contributed by atoms with van der Waals surface area (Å²) in [5, 5.41) is 8.90. The molecule has 0 bridgehead atoms. The number of piperidine rings is 1. The molecule has 27 heavy (non-hydrogen) atoms. The number of nitrogens with zero attached hydrogens (tertiary/aromatic N) is 2. The van der Waals surface area contributed by atoms with Crippen LogP contribution in [0.3, 0.4) is 0 Å². The number of hydrogen-bond acceptors (Lipinski definition) is 3. The van der Waals surface area contributed by atoms with Crippen molar-refractivity contribution in [1.29, 1.82) is 5.26 Å². The number of nitriles is 1. The van der Waals surface area contributed by atoms with Crippen LogP contribution in [0, 0.1) is 16.7 Å². The van der Waals surface area contributed by atoms with Crippen LogP contribution in [0.2, 0.25) is 0 Å². The van der Waals surface area contributed by atoms with E-state index >= 15 is 0 Å². The molecule has 1 unspecified atom stereocenters. The van der Waals surface area contributed by atoms with Gasteiger partial charge in [-0.05, 0) is 43.0 Å². The van der Waals surface area contributed by atoms with Crippen LogP contribution in [0.15, 0.2) is 24.3 Å². The number of nitrogens with one attached hydrogen (secondary N) is 1. The first-order valence-corrected chi connectivity index (χ1v) is 11.9. The maximum atomic E-state index is 11.4. The summed E-state index contributed by atoms with van der Waals surface area (Å²) in [7, 11) is -1.05. The molecular formula is C22H41N3OS. The van der Waals surface area contributed by atoms with Crippen LogP contribution in [0.5, 0.6) is 0 Å². The summed E-state index contributed by atoms with van der Waals surface area (Å²) in [4.78, 5) is 2.41. The highest BCUT2D eigenvalue weighted by Crippen LogP contribution is 2.34. The third-order valence-electron chi connectivity index (χ3n) is 4.23. The molecule has 1 saturated heterocycles. The zero-order chi connectivity index (χ0) is 21.3. The van der Waals surface area contributed by atoms with E-state index in [4.69, 9.17) is 5.26 Å². The fourth-order valence-corrected chi connectivity index (χ4v) is 3.28. The van der Waals surface area contributed by atoms with Crippen molar-refractivity contribution in [1.82, 2.24) is 4.90 Å². The summed E-state index contributed by atoms with van der Waals surface area (Å²) in [6.45, 7) is 17.1. The van der Waals surface area contributed by atoms with Gasteiger partial charge in [-0.3, -0.25) is 4.90 Å². The fraction of sp³-hybridized carbons (Fsp3) is 0.682. The van der Waals surface area contributed by atoms with Gasteiger partial charge in [0.2, 0.25) is 0 Å². The second-order valence-electron chi connectivity index (χ2n) is 6.14. The minimum absolute atomic E-state index is 0.175. The average Bonchev–Trinajstić information content (AvgIpc) is 2.70. The van der Waals surface area contributed by atoms with Crippen molar-refractivity contribution in [2.75, 3.05) is 24.1 Å². The van der Waals surface area contributed by atoms with Gasteiger partial charge < -0.3 is 4.72 Å². The van der Waals surface area contributed by atoms with E-state index in [1.807, 2.05) is 59.7 Å². The normalized spacial score (nSPS) is 16.0. The Bertz CT molecular complexity index is 547. The summed E-state index contributed by atoms with van der Waals surface area (Å²) < 4.78 is 14.4. The number of anilines is 1. The molecule has 156 valence electrons. The smallest absolute Gasteiger partial charge is 0.113 e. The first-order chi connectivity index (χ1) is 13.0. The van der Waals surface area contributed by atoms with Crippen molar-refractivity contribution in [3.05, 3.63) is 29.8 Å². The summed E-state index contributed by atoms with van der Waals surface area (Å²) in [6.07, 6.45) is 4.42. The quantitative estimate of drug-likeness (QED) is 0.666. The summed E-state index contributed by atoms with van der Waals surface area (Å²) in [5.74, 6) is 0. The van der Waals surface area contributed by atoms with Gasteiger partial charge in [0.15, 0.2) is 0 Å². The van der Waals surface area contributed by atoms with Gasteiger partial charge in [0.1, 0.15) is 11.0 Å². The van der Waals surface area contributed by atoms with Crippen LogP contribution in [0.1, 0.15) is 73.3 Å². The van der Waals surface area contributed by atoms with E-state index in [1.54, 1.807) is 6.26 Å². The first-order valence-electron chi connectivity index (χ1n) is 10.3. The number of benzene rings is 1. The summed E-state index contributed by atoms with van der Waals surface area (Å²) >= 11 is 0. The van der Waals surface area contributed by atoms with Crippen LogP contribution in [0.4, 0.5) is 5.69 Å². The molecule has 4 nitrogen and oxygen atoms in total. The molecule has 0 amide bonds. The second kappa shape index (κ2) is 16.8. The zero-order valence-corrected chi connectivity index (χ0v) is 19.6. The predicted octanol–water partition coefficient (Wildman–Crippen LogP) is 5.99. The lowest BCUT2D eigenvalue weighted by atomic mass is 9.78. The molecule has 0 aliphatic carbocycles. The Morgan fingerprint density at radius 2 is 1.63 bits per heavy atom. The van der Waals surface area contributed by atoms with E-state index in [2.05, 4.69) is 28.7 Å². The maximum Gasteiger partial charge on any atom is 0.113 e. The molecule has 5 heteroatoms. The number of rotatable bonds is 5. The predicted molar refractivity (Wildman–Crippen MR) is 121 cm³/mol. The van der Waals surface area contributed by atoms with Gasteiger partial charge in [0.25, 0.3) is 0 Å². The van der Waals surface area contributed by atoms with Gasteiger partial charge >= 0.3 is 0 Å². The van der Waals surface area contributed by atoms with Crippen LogP contribution < -0.4 is 4.72 Å². The molecule has 1 N–H and O–H groups in total. The second-order valence-corrected chi connectivity index (χ2v) is 7.25. The van der Waals surface area contributed by atoms with E-state index in [9.17, 15) is 4.21 Å². The van der Waals surface area contributed by atoms with Crippen molar-refractivity contribution in [3.8, 4) is 6.07 Å². The fourth-order valence-electron chi connectivity index (χ4n) is 2.77. The van der Waals surface area contributed by atoms with Gasteiger partial charge in [-0.2, -0.15) is 5.26 Å². The molecule has 1 aromatic rings. The molecule has 1 aliphatic rings. The van der Waals surface area contributed by atoms with Crippen molar-refractivity contribution in [2.45, 2.75) is 74.3 Å². The van der Waals surface area contributed by atoms with E-state index in [-0.39, 0.29) is 5.41 Å². The third-order valence-corrected chi connectivity index (χ3v) is 4.74. The molecule has 0 spiro atoms. The lowest BCUT2D eigenvalue weighted by molar-refractivity contribution is 0.116. The van der Waals surface area contributed by atoms with Crippen molar-refractivity contribution < 1.29 is 4.21 Å². The highest BCUT2D eigenvalue weighted by Gasteiger charge is 2.29. The summed E-state index contributed by atoms with van der Waals surface area (Å²) in [6, 6.07) is 10.3. The maximum absolute atomic E-state index is 11.4. The molecular weight excluding hydrogens is 354 g/mol. The molecule has 0 aromatic heterocycles. The molecule has 0 radical (unpaired) electrons. The van der Waals surface area contributed by atoms with Crippen molar-refractivity contribution in [3.63, 3.8) is 0 Å².